The lowest BCUT2D eigenvalue weighted by molar-refractivity contribution is -0.0499. The van der Waals surface area contributed by atoms with Crippen molar-refractivity contribution in [1.29, 1.82) is 0 Å². The Labute approximate surface area is 102 Å². The zero-order valence-electron chi connectivity index (χ0n) is 10.8. The number of pyridine rings is 1. The minimum Gasteiger partial charge on any atom is -0.340 e. The van der Waals surface area contributed by atoms with Gasteiger partial charge in [-0.1, -0.05) is 6.08 Å². The first-order valence-electron chi connectivity index (χ1n) is 5.85. The Morgan fingerprint density at radius 3 is 2.12 bits per heavy atom. The number of ether oxygens (including phenoxy) is 2. The predicted octanol–water partition coefficient (Wildman–Crippen LogP) is 3.02. The summed E-state index contributed by atoms with van der Waals surface area (Å²) >= 11 is 0. The fourth-order valence-corrected chi connectivity index (χ4v) is 1.63. The first kappa shape index (κ1) is 12.3. The molecule has 3 heteroatoms. The highest BCUT2D eigenvalue weighted by molar-refractivity contribution is 5.48. The molecule has 1 aliphatic rings. The molecule has 0 amide bonds. The summed E-state index contributed by atoms with van der Waals surface area (Å²) in [7, 11) is 0. The molecule has 1 aliphatic heterocycles. The second-order valence-corrected chi connectivity index (χ2v) is 5.26. The number of rotatable bonds is 2. The maximum atomic E-state index is 5.86. The fraction of sp³-hybridized carbons (Fsp3) is 0.500. The van der Waals surface area contributed by atoms with Crippen molar-refractivity contribution in [2.45, 2.75) is 45.2 Å². The molecule has 17 heavy (non-hydrogen) atoms. The van der Waals surface area contributed by atoms with E-state index >= 15 is 0 Å². The van der Waals surface area contributed by atoms with Gasteiger partial charge in [0.2, 0.25) is 0 Å². The van der Waals surface area contributed by atoms with Gasteiger partial charge in [-0.05, 0) is 51.5 Å². The Kier molecular flexibility index (Phi) is 3.06. The molecule has 0 saturated carbocycles. The van der Waals surface area contributed by atoms with Gasteiger partial charge in [0.1, 0.15) is 0 Å². The van der Waals surface area contributed by atoms with Crippen molar-refractivity contribution >= 4 is 6.08 Å². The standard InChI is InChI=1S/C14H19NO2/c1-13(2)14(3,4)17-12(16-13)6-5-11-7-9-15-10-8-11/h5-10,12H,1-4H3/b6-5+. The van der Waals surface area contributed by atoms with E-state index in [0.717, 1.165) is 5.56 Å². The van der Waals surface area contributed by atoms with Crippen LogP contribution >= 0.6 is 0 Å². The minimum absolute atomic E-state index is 0.278. The summed E-state index contributed by atoms with van der Waals surface area (Å²) in [5, 5.41) is 0. The molecule has 1 fully saturated rings. The molecule has 2 heterocycles. The third-order valence-electron chi connectivity index (χ3n) is 3.42. The van der Waals surface area contributed by atoms with E-state index in [0.29, 0.717) is 0 Å². The molecule has 0 aromatic carbocycles. The van der Waals surface area contributed by atoms with Gasteiger partial charge in [-0.2, -0.15) is 0 Å². The van der Waals surface area contributed by atoms with Crippen LogP contribution in [0.3, 0.4) is 0 Å². The Morgan fingerprint density at radius 1 is 1.06 bits per heavy atom. The highest BCUT2D eigenvalue weighted by atomic mass is 16.7. The summed E-state index contributed by atoms with van der Waals surface area (Å²) in [6.07, 6.45) is 7.18. The first-order chi connectivity index (χ1) is 7.91. The van der Waals surface area contributed by atoms with E-state index in [1.165, 1.54) is 0 Å². The zero-order chi connectivity index (χ0) is 12.5. The zero-order valence-corrected chi connectivity index (χ0v) is 10.8. The number of nitrogens with zero attached hydrogens (tertiary/aromatic N) is 1. The smallest absolute Gasteiger partial charge is 0.178 e. The van der Waals surface area contributed by atoms with Crippen molar-refractivity contribution in [2.24, 2.45) is 0 Å². The lowest BCUT2D eigenvalue weighted by Gasteiger charge is -2.30. The van der Waals surface area contributed by atoms with Crippen LogP contribution in [0.25, 0.3) is 6.08 Å². The van der Waals surface area contributed by atoms with Crippen molar-refractivity contribution in [3.63, 3.8) is 0 Å². The normalized spacial score (nSPS) is 23.3. The van der Waals surface area contributed by atoms with E-state index < -0.39 is 0 Å². The second-order valence-electron chi connectivity index (χ2n) is 5.26. The molecule has 0 radical (unpaired) electrons. The van der Waals surface area contributed by atoms with Crippen LogP contribution in [-0.2, 0) is 9.47 Å². The monoisotopic (exact) mass is 233 g/mol. The van der Waals surface area contributed by atoms with E-state index in [9.17, 15) is 0 Å². The highest BCUT2D eigenvalue weighted by Gasteiger charge is 2.48. The maximum Gasteiger partial charge on any atom is 0.178 e. The summed E-state index contributed by atoms with van der Waals surface area (Å²) in [5.41, 5.74) is 0.537. The first-order valence-corrected chi connectivity index (χ1v) is 5.85. The summed E-state index contributed by atoms with van der Waals surface area (Å²) < 4.78 is 11.7. The van der Waals surface area contributed by atoms with Gasteiger partial charge in [-0.25, -0.2) is 0 Å². The lowest BCUT2D eigenvalue weighted by Crippen LogP contribution is -2.41. The van der Waals surface area contributed by atoms with Gasteiger partial charge in [0, 0.05) is 12.4 Å². The molecule has 3 nitrogen and oxygen atoms in total. The minimum atomic E-state index is -0.284. The van der Waals surface area contributed by atoms with E-state index in [1.807, 2.05) is 52.0 Å². The number of hydrogen-bond donors (Lipinski definition) is 0. The van der Waals surface area contributed by atoms with E-state index in [2.05, 4.69) is 4.98 Å². The summed E-state index contributed by atoms with van der Waals surface area (Å²) in [5.74, 6) is 0. The van der Waals surface area contributed by atoms with Crippen LogP contribution in [0.4, 0.5) is 0 Å². The Balaban J connectivity index is 2.06. The Hall–Kier alpha value is -1.19. The van der Waals surface area contributed by atoms with Crippen LogP contribution in [0.5, 0.6) is 0 Å². The lowest BCUT2D eigenvalue weighted by atomic mass is 9.90. The van der Waals surface area contributed by atoms with Crippen LogP contribution < -0.4 is 0 Å². The maximum absolute atomic E-state index is 5.86. The van der Waals surface area contributed by atoms with Gasteiger partial charge < -0.3 is 9.47 Å². The summed E-state index contributed by atoms with van der Waals surface area (Å²) in [6.45, 7) is 8.20. The van der Waals surface area contributed by atoms with Gasteiger partial charge in [-0.3, -0.25) is 4.98 Å². The summed E-state index contributed by atoms with van der Waals surface area (Å²) in [4.78, 5) is 3.97. The Bertz CT molecular complexity index is 393. The highest BCUT2D eigenvalue weighted by Crippen LogP contribution is 2.38. The molecule has 0 N–H and O–H groups in total. The van der Waals surface area contributed by atoms with E-state index in [-0.39, 0.29) is 17.5 Å². The average molecular weight is 233 g/mol. The van der Waals surface area contributed by atoms with Crippen LogP contribution in [0.2, 0.25) is 0 Å². The molecule has 0 atom stereocenters. The van der Waals surface area contributed by atoms with Crippen molar-refractivity contribution in [2.75, 3.05) is 0 Å². The molecule has 92 valence electrons. The second kappa shape index (κ2) is 4.24. The van der Waals surface area contributed by atoms with Gasteiger partial charge >= 0.3 is 0 Å². The molecule has 2 rings (SSSR count). The van der Waals surface area contributed by atoms with Crippen LogP contribution in [0.15, 0.2) is 30.6 Å². The molecular formula is C14H19NO2. The predicted molar refractivity (Wildman–Crippen MR) is 67.4 cm³/mol. The third kappa shape index (κ3) is 2.56. The number of aromatic nitrogens is 1. The van der Waals surface area contributed by atoms with Crippen molar-refractivity contribution in [1.82, 2.24) is 4.98 Å². The molecule has 1 saturated heterocycles. The number of hydrogen-bond acceptors (Lipinski definition) is 3. The van der Waals surface area contributed by atoms with Crippen molar-refractivity contribution < 1.29 is 9.47 Å². The fourth-order valence-electron chi connectivity index (χ4n) is 1.63. The van der Waals surface area contributed by atoms with Gasteiger partial charge in [0.25, 0.3) is 0 Å². The van der Waals surface area contributed by atoms with Crippen molar-refractivity contribution in [3.05, 3.63) is 36.2 Å². The Morgan fingerprint density at radius 2 is 1.59 bits per heavy atom. The summed E-state index contributed by atoms with van der Waals surface area (Å²) in [6, 6.07) is 3.89. The molecule has 1 aromatic heterocycles. The van der Waals surface area contributed by atoms with Gasteiger partial charge in [0.15, 0.2) is 6.29 Å². The van der Waals surface area contributed by atoms with Crippen LogP contribution in [0, 0.1) is 0 Å². The largest absolute Gasteiger partial charge is 0.340 e. The molecule has 0 spiro atoms. The van der Waals surface area contributed by atoms with Crippen LogP contribution in [0.1, 0.15) is 33.3 Å². The van der Waals surface area contributed by atoms with E-state index in [4.69, 9.17) is 9.47 Å². The van der Waals surface area contributed by atoms with E-state index in [1.54, 1.807) is 12.4 Å². The SMILES string of the molecule is CC1(C)OC(/C=C/c2ccncc2)OC1(C)C. The van der Waals surface area contributed by atoms with Gasteiger partial charge in [-0.15, -0.1) is 0 Å². The molecule has 0 unspecified atom stereocenters. The van der Waals surface area contributed by atoms with Crippen LogP contribution in [-0.4, -0.2) is 22.5 Å². The molecular weight excluding hydrogens is 214 g/mol. The molecule has 0 bridgehead atoms. The van der Waals surface area contributed by atoms with Crippen molar-refractivity contribution in [3.8, 4) is 0 Å². The average Bonchev–Trinajstić information content (AvgIpc) is 2.46. The topological polar surface area (TPSA) is 31.4 Å². The molecule has 1 aromatic rings. The van der Waals surface area contributed by atoms with Gasteiger partial charge in [0.05, 0.1) is 11.2 Å². The third-order valence-corrected chi connectivity index (χ3v) is 3.42. The quantitative estimate of drug-likeness (QED) is 0.786. The molecule has 0 aliphatic carbocycles.